The van der Waals surface area contributed by atoms with Crippen molar-refractivity contribution in [2.75, 3.05) is 13.1 Å². The Morgan fingerprint density at radius 3 is 2.47 bits per heavy atom. The summed E-state index contributed by atoms with van der Waals surface area (Å²) in [5.74, 6) is 1.24. The zero-order chi connectivity index (χ0) is 11.3. The van der Waals surface area contributed by atoms with Gasteiger partial charge in [-0.25, -0.2) is 0 Å². The summed E-state index contributed by atoms with van der Waals surface area (Å²) < 4.78 is 0. The first kappa shape index (κ1) is 12.5. The van der Waals surface area contributed by atoms with E-state index in [1.807, 2.05) is 0 Å². The molecule has 1 fully saturated rings. The Kier molecular flexibility index (Phi) is 5.09. The number of nitrogens with one attached hydrogen (secondary N) is 2. The van der Waals surface area contributed by atoms with Crippen molar-refractivity contribution in [3.63, 3.8) is 0 Å². The minimum absolute atomic E-state index is 0.245. The summed E-state index contributed by atoms with van der Waals surface area (Å²) in [4.78, 5) is 11.3. The van der Waals surface area contributed by atoms with Gasteiger partial charge in [-0.2, -0.15) is 0 Å². The first-order valence-corrected chi connectivity index (χ1v) is 6.16. The van der Waals surface area contributed by atoms with E-state index in [0.717, 1.165) is 32.4 Å². The maximum Gasteiger partial charge on any atom is 0.223 e. The molecule has 0 bridgehead atoms. The second-order valence-electron chi connectivity index (χ2n) is 4.78. The molecule has 0 aromatic rings. The predicted octanol–water partition coefficient (Wildman–Crippen LogP) is 1.54. The van der Waals surface area contributed by atoms with E-state index < -0.39 is 0 Å². The molecule has 0 unspecified atom stereocenters. The molecule has 3 nitrogen and oxygen atoms in total. The summed E-state index contributed by atoms with van der Waals surface area (Å²) in [6, 6.07) is 0.572. The summed E-state index contributed by atoms with van der Waals surface area (Å²) in [7, 11) is 0. The highest BCUT2D eigenvalue weighted by Crippen LogP contribution is 2.28. The van der Waals surface area contributed by atoms with Crippen LogP contribution in [0.2, 0.25) is 0 Å². The molecule has 1 saturated carbocycles. The van der Waals surface area contributed by atoms with Crippen molar-refractivity contribution in [1.82, 2.24) is 10.6 Å². The lowest BCUT2D eigenvalue weighted by Crippen LogP contribution is -2.39. The molecule has 0 heterocycles. The van der Waals surface area contributed by atoms with E-state index in [1.54, 1.807) is 0 Å². The third-order valence-corrected chi connectivity index (χ3v) is 3.02. The van der Waals surface area contributed by atoms with Crippen molar-refractivity contribution in [2.45, 2.75) is 46.1 Å². The van der Waals surface area contributed by atoms with Gasteiger partial charge in [-0.3, -0.25) is 4.79 Å². The van der Waals surface area contributed by atoms with Crippen molar-refractivity contribution in [1.29, 1.82) is 0 Å². The molecule has 1 amide bonds. The largest absolute Gasteiger partial charge is 0.355 e. The Morgan fingerprint density at radius 2 is 2.00 bits per heavy atom. The van der Waals surface area contributed by atoms with E-state index in [9.17, 15) is 4.79 Å². The van der Waals surface area contributed by atoms with Crippen LogP contribution in [0.1, 0.15) is 40.0 Å². The number of carbonyl (C=O) groups is 1. The van der Waals surface area contributed by atoms with Crippen LogP contribution in [0.5, 0.6) is 0 Å². The molecule has 0 spiro atoms. The lowest BCUT2D eigenvalue weighted by Gasteiger charge is -2.20. The van der Waals surface area contributed by atoms with Gasteiger partial charge in [-0.1, -0.05) is 20.8 Å². The first-order valence-electron chi connectivity index (χ1n) is 6.16. The van der Waals surface area contributed by atoms with Gasteiger partial charge in [0.1, 0.15) is 0 Å². The van der Waals surface area contributed by atoms with Gasteiger partial charge in [0.15, 0.2) is 0 Å². The van der Waals surface area contributed by atoms with Crippen molar-refractivity contribution in [2.24, 2.45) is 11.8 Å². The molecule has 1 atom stereocenters. The summed E-state index contributed by atoms with van der Waals surface area (Å²) in [5, 5.41) is 6.43. The van der Waals surface area contributed by atoms with E-state index in [4.69, 9.17) is 0 Å². The van der Waals surface area contributed by atoms with E-state index >= 15 is 0 Å². The monoisotopic (exact) mass is 212 g/mol. The van der Waals surface area contributed by atoms with Crippen molar-refractivity contribution in [3.8, 4) is 0 Å². The van der Waals surface area contributed by atoms with Crippen molar-refractivity contribution < 1.29 is 4.79 Å². The molecule has 0 aromatic carbocycles. The van der Waals surface area contributed by atoms with Crippen LogP contribution in [0.15, 0.2) is 0 Å². The van der Waals surface area contributed by atoms with Gasteiger partial charge in [0.25, 0.3) is 0 Å². The molecule has 1 aliphatic carbocycles. The fourth-order valence-electron chi connectivity index (χ4n) is 1.78. The Bertz CT molecular complexity index is 200. The molecule has 88 valence electrons. The maximum atomic E-state index is 11.3. The molecule has 0 aliphatic heterocycles. The van der Waals surface area contributed by atoms with Crippen LogP contribution in [0.3, 0.4) is 0 Å². The number of rotatable bonds is 7. The van der Waals surface area contributed by atoms with E-state index in [2.05, 4.69) is 31.4 Å². The average molecular weight is 212 g/mol. The minimum Gasteiger partial charge on any atom is -0.355 e. The van der Waals surface area contributed by atoms with Gasteiger partial charge < -0.3 is 10.6 Å². The van der Waals surface area contributed by atoms with Crippen LogP contribution >= 0.6 is 0 Å². The second-order valence-corrected chi connectivity index (χ2v) is 4.78. The molecule has 2 N–H and O–H groups in total. The van der Waals surface area contributed by atoms with Gasteiger partial charge in [-0.05, 0) is 25.2 Å². The van der Waals surface area contributed by atoms with E-state index in [1.165, 1.54) is 0 Å². The molecule has 0 aromatic heterocycles. The quantitative estimate of drug-likeness (QED) is 0.628. The highest BCUT2D eigenvalue weighted by Gasteiger charge is 2.28. The Morgan fingerprint density at radius 1 is 1.33 bits per heavy atom. The zero-order valence-corrected chi connectivity index (χ0v) is 10.2. The number of carbonyl (C=O) groups excluding carboxylic acids is 1. The smallest absolute Gasteiger partial charge is 0.223 e. The van der Waals surface area contributed by atoms with E-state index in [-0.39, 0.29) is 5.91 Å². The van der Waals surface area contributed by atoms with Gasteiger partial charge >= 0.3 is 0 Å². The lowest BCUT2D eigenvalue weighted by atomic mass is 10.0. The Balaban J connectivity index is 2.01. The zero-order valence-electron chi connectivity index (χ0n) is 10.2. The molecule has 1 rings (SSSR count). The minimum atomic E-state index is 0.245. The molecule has 3 heteroatoms. The summed E-state index contributed by atoms with van der Waals surface area (Å²) in [6.07, 6.45) is 3.32. The van der Waals surface area contributed by atoms with Crippen LogP contribution in [-0.2, 0) is 4.79 Å². The number of hydrogen-bond donors (Lipinski definition) is 2. The third-order valence-electron chi connectivity index (χ3n) is 3.02. The summed E-state index contributed by atoms with van der Waals surface area (Å²) in [5.41, 5.74) is 0. The number of hydrogen-bond acceptors (Lipinski definition) is 2. The van der Waals surface area contributed by atoms with Crippen LogP contribution in [-0.4, -0.2) is 25.0 Å². The third kappa shape index (κ3) is 4.65. The maximum absolute atomic E-state index is 11.3. The highest BCUT2D eigenvalue weighted by atomic mass is 16.2. The average Bonchev–Trinajstić information content (AvgIpc) is 3.00. The van der Waals surface area contributed by atoms with Crippen LogP contribution in [0.4, 0.5) is 0 Å². The van der Waals surface area contributed by atoms with Crippen LogP contribution < -0.4 is 10.6 Å². The van der Waals surface area contributed by atoms with Gasteiger partial charge in [0.2, 0.25) is 5.91 Å². The fraction of sp³-hybridized carbons (Fsp3) is 0.917. The molecule has 15 heavy (non-hydrogen) atoms. The summed E-state index contributed by atoms with van der Waals surface area (Å²) in [6.45, 7) is 8.29. The van der Waals surface area contributed by atoms with Crippen molar-refractivity contribution >= 4 is 5.91 Å². The molecular weight excluding hydrogens is 188 g/mol. The first-order chi connectivity index (χ1) is 7.15. The van der Waals surface area contributed by atoms with Gasteiger partial charge in [-0.15, -0.1) is 0 Å². The molecular formula is C12H24N2O. The molecule has 0 radical (unpaired) electrons. The lowest BCUT2D eigenvalue weighted by molar-refractivity contribution is -0.122. The highest BCUT2D eigenvalue weighted by molar-refractivity contribution is 5.80. The topological polar surface area (TPSA) is 41.1 Å². The standard InChI is InChI=1S/C12H24N2O/c1-4-11(9(2)3)13-7-8-14-12(15)10-5-6-10/h9-11,13H,4-8H2,1-3H3,(H,14,15)/t11-/m0/s1. The SMILES string of the molecule is CC[C@H](NCCNC(=O)C1CC1)C(C)C. The molecule has 0 saturated heterocycles. The Hall–Kier alpha value is -0.570. The fourth-order valence-corrected chi connectivity index (χ4v) is 1.78. The second kappa shape index (κ2) is 6.11. The Labute approximate surface area is 93.0 Å². The van der Waals surface area contributed by atoms with E-state index in [0.29, 0.717) is 17.9 Å². The predicted molar refractivity (Wildman–Crippen MR) is 62.7 cm³/mol. The number of amides is 1. The van der Waals surface area contributed by atoms with Crippen LogP contribution in [0.25, 0.3) is 0 Å². The normalized spacial score (nSPS) is 17.9. The molecule has 1 aliphatic rings. The van der Waals surface area contributed by atoms with Crippen LogP contribution in [0, 0.1) is 11.8 Å². The van der Waals surface area contributed by atoms with Gasteiger partial charge in [0.05, 0.1) is 0 Å². The summed E-state index contributed by atoms with van der Waals surface area (Å²) >= 11 is 0. The van der Waals surface area contributed by atoms with Gasteiger partial charge in [0, 0.05) is 25.0 Å². The van der Waals surface area contributed by atoms with Crippen molar-refractivity contribution in [3.05, 3.63) is 0 Å².